The fourth-order valence-electron chi connectivity index (χ4n) is 3.91. The standard InChI is InChI=1S/C21H39IO4Si/c1-14-15(2)20(18(11-12-22)26-27(7,8)21(3,4)5)25-17-10-9-16(13-23-6)24-19(14)17/h11-12,14-20H,9-10,13H2,1-8H3/b12-11+. The maximum Gasteiger partial charge on any atom is 0.193 e. The summed E-state index contributed by atoms with van der Waals surface area (Å²) in [6.07, 6.45) is 4.80. The molecular formula is C21H39IO4Si. The van der Waals surface area contributed by atoms with E-state index in [4.69, 9.17) is 18.6 Å². The van der Waals surface area contributed by atoms with E-state index in [1.54, 1.807) is 7.11 Å². The molecule has 0 aliphatic carbocycles. The van der Waals surface area contributed by atoms with Crippen LogP contribution in [0.1, 0.15) is 47.5 Å². The second-order valence-electron chi connectivity index (χ2n) is 9.77. The zero-order chi connectivity index (χ0) is 20.4. The molecule has 7 unspecified atom stereocenters. The van der Waals surface area contributed by atoms with Crippen LogP contribution in [0, 0.1) is 11.8 Å². The minimum absolute atomic E-state index is 0.00195. The number of methoxy groups -OCH3 is 1. The highest BCUT2D eigenvalue weighted by Crippen LogP contribution is 2.43. The highest BCUT2D eigenvalue weighted by atomic mass is 127. The van der Waals surface area contributed by atoms with Crippen molar-refractivity contribution in [1.82, 2.24) is 0 Å². The molecule has 4 nitrogen and oxygen atoms in total. The molecule has 6 heteroatoms. The monoisotopic (exact) mass is 510 g/mol. The van der Waals surface area contributed by atoms with Gasteiger partial charge in [0.25, 0.3) is 0 Å². The Balaban J connectivity index is 2.17. The summed E-state index contributed by atoms with van der Waals surface area (Å²) in [5.41, 5.74) is 0. The molecule has 2 aliphatic heterocycles. The predicted octanol–water partition coefficient (Wildman–Crippen LogP) is 5.56. The zero-order valence-corrected chi connectivity index (χ0v) is 21.5. The molecule has 2 aliphatic rings. The molecule has 0 spiro atoms. The highest BCUT2D eigenvalue weighted by molar-refractivity contribution is 14.1. The van der Waals surface area contributed by atoms with Crippen LogP contribution in [0.4, 0.5) is 0 Å². The Morgan fingerprint density at radius 3 is 2.37 bits per heavy atom. The van der Waals surface area contributed by atoms with Crippen LogP contribution in [-0.2, 0) is 18.6 Å². The first-order valence-electron chi connectivity index (χ1n) is 10.3. The van der Waals surface area contributed by atoms with Crippen LogP contribution < -0.4 is 0 Å². The van der Waals surface area contributed by atoms with Gasteiger partial charge in [-0.05, 0) is 53.0 Å². The average Bonchev–Trinajstić information content (AvgIpc) is 2.57. The fraction of sp³-hybridized carbons (Fsp3) is 0.905. The third-order valence-corrected chi connectivity index (χ3v) is 11.8. The van der Waals surface area contributed by atoms with Crippen LogP contribution in [0.3, 0.4) is 0 Å². The van der Waals surface area contributed by atoms with Crippen molar-refractivity contribution in [2.75, 3.05) is 13.7 Å². The van der Waals surface area contributed by atoms with Gasteiger partial charge in [-0.15, -0.1) is 0 Å². The van der Waals surface area contributed by atoms with E-state index in [9.17, 15) is 0 Å². The summed E-state index contributed by atoms with van der Waals surface area (Å²) < 4.78 is 27.2. The van der Waals surface area contributed by atoms with E-state index in [2.05, 4.69) is 80.5 Å². The van der Waals surface area contributed by atoms with Gasteiger partial charge in [0, 0.05) is 7.11 Å². The predicted molar refractivity (Wildman–Crippen MR) is 122 cm³/mol. The Bertz CT molecular complexity index is 503. The smallest absolute Gasteiger partial charge is 0.193 e. The molecule has 0 N–H and O–H groups in total. The number of halogens is 1. The molecule has 0 radical (unpaired) electrons. The van der Waals surface area contributed by atoms with Gasteiger partial charge in [0.2, 0.25) is 0 Å². The number of rotatable bonds is 6. The Hall–Kier alpha value is 0.527. The van der Waals surface area contributed by atoms with Crippen molar-refractivity contribution >= 4 is 30.9 Å². The molecule has 0 amide bonds. The molecule has 2 saturated heterocycles. The van der Waals surface area contributed by atoms with E-state index >= 15 is 0 Å². The number of ether oxygens (including phenoxy) is 3. The normalized spacial score (nSPS) is 36.6. The van der Waals surface area contributed by atoms with E-state index in [1.807, 2.05) is 0 Å². The zero-order valence-electron chi connectivity index (χ0n) is 18.3. The molecule has 0 aromatic rings. The molecule has 0 aromatic carbocycles. The Morgan fingerprint density at radius 2 is 1.81 bits per heavy atom. The second kappa shape index (κ2) is 9.56. The molecule has 2 rings (SSSR count). The molecule has 0 aromatic heterocycles. The summed E-state index contributed by atoms with van der Waals surface area (Å²) >= 11 is 2.29. The van der Waals surface area contributed by atoms with Gasteiger partial charge in [0.05, 0.1) is 37.1 Å². The van der Waals surface area contributed by atoms with Crippen molar-refractivity contribution < 1.29 is 18.6 Å². The largest absolute Gasteiger partial charge is 0.408 e. The van der Waals surface area contributed by atoms with Crippen LogP contribution in [0.5, 0.6) is 0 Å². The van der Waals surface area contributed by atoms with Crippen LogP contribution >= 0.6 is 22.6 Å². The summed E-state index contributed by atoms with van der Waals surface area (Å²) in [6.45, 7) is 16.8. The second-order valence-corrected chi connectivity index (χ2v) is 15.2. The summed E-state index contributed by atoms with van der Waals surface area (Å²) in [6, 6.07) is 0. The SMILES string of the molecule is COCC1CCC2OC(C(/C=C/I)O[Si](C)(C)C(C)(C)C)C(C)C(C)C2O1. The first-order valence-corrected chi connectivity index (χ1v) is 14.4. The maximum atomic E-state index is 6.80. The third kappa shape index (κ3) is 5.57. The molecule has 7 atom stereocenters. The molecule has 2 heterocycles. The lowest BCUT2D eigenvalue weighted by Gasteiger charge is -2.51. The van der Waals surface area contributed by atoms with Gasteiger partial charge in [-0.2, -0.15) is 0 Å². The molecule has 158 valence electrons. The van der Waals surface area contributed by atoms with Gasteiger partial charge in [0.15, 0.2) is 8.32 Å². The van der Waals surface area contributed by atoms with Crippen LogP contribution in [0.15, 0.2) is 10.2 Å². The topological polar surface area (TPSA) is 36.9 Å². The van der Waals surface area contributed by atoms with Gasteiger partial charge in [-0.25, -0.2) is 0 Å². The fourth-order valence-corrected chi connectivity index (χ4v) is 5.57. The van der Waals surface area contributed by atoms with Crippen molar-refractivity contribution in [2.24, 2.45) is 11.8 Å². The minimum Gasteiger partial charge on any atom is -0.408 e. The Morgan fingerprint density at radius 1 is 1.15 bits per heavy atom. The Labute approximate surface area is 181 Å². The van der Waals surface area contributed by atoms with E-state index in [1.165, 1.54) is 0 Å². The lowest BCUT2D eigenvalue weighted by Crippen LogP contribution is -2.58. The molecule has 27 heavy (non-hydrogen) atoms. The van der Waals surface area contributed by atoms with Crippen LogP contribution in [0.2, 0.25) is 18.1 Å². The number of hydrogen-bond donors (Lipinski definition) is 0. The lowest BCUT2D eigenvalue weighted by atomic mass is 9.77. The third-order valence-electron chi connectivity index (χ3n) is 6.86. The lowest BCUT2D eigenvalue weighted by molar-refractivity contribution is -0.241. The minimum atomic E-state index is -1.89. The van der Waals surface area contributed by atoms with Crippen LogP contribution in [0.25, 0.3) is 0 Å². The van der Waals surface area contributed by atoms with Gasteiger partial charge in [-0.3, -0.25) is 0 Å². The van der Waals surface area contributed by atoms with Gasteiger partial charge >= 0.3 is 0 Å². The van der Waals surface area contributed by atoms with Gasteiger partial charge < -0.3 is 18.6 Å². The van der Waals surface area contributed by atoms with Crippen molar-refractivity contribution in [3.05, 3.63) is 10.2 Å². The van der Waals surface area contributed by atoms with Gasteiger partial charge in [-0.1, -0.05) is 57.2 Å². The van der Waals surface area contributed by atoms with Crippen molar-refractivity contribution in [3.8, 4) is 0 Å². The van der Waals surface area contributed by atoms with Crippen molar-refractivity contribution in [2.45, 2.75) is 96.1 Å². The molecule has 0 saturated carbocycles. The quantitative estimate of drug-likeness (QED) is 0.347. The molecular weight excluding hydrogens is 471 g/mol. The van der Waals surface area contributed by atoms with Crippen molar-refractivity contribution in [3.63, 3.8) is 0 Å². The Kier molecular flexibility index (Phi) is 8.43. The first kappa shape index (κ1) is 23.8. The summed E-state index contributed by atoms with van der Waals surface area (Å²) in [5, 5.41) is 0.178. The van der Waals surface area contributed by atoms with E-state index in [0.29, 0.717) is 18.4 Å². The highest BCUT2D eigenvalue weighted by Gasteiger charge is 2.49. The average molecular weight is 511 g/mol. The summed E-state index contributed by atoms with van der Waals surface area (Å²) in [7, 11) is -0.144. The number of fused-ring (bicyclic) bond motifs is 1. The van der Waals surface area contributed by atoms with Crippen molar-refractivity contribution in [1.29, 1.82) is 0 Å². The molecule has 2 fully saturated rings. The molecule has 0 bridgehead atoms. The van der Waals surface area contributed by atoms with E-state index < -0.39 is 8.32 Å². The number of hydrogen-bond acceptors (Lipinski definition) is 4. The first-order chi connectivity index (χ1) is 12.5. The summed E-state index contributed by atoms with van der Waals surface area (Å²) in [4.78, 5) is 0. The summed E-state index contributed by atoms with van der Waals surface area (Å²) in [5.74, 6) is 0.802. The van der Waals surface area contributed by atoms with E-state index in [0.717, 1.165) is 12.8 Å². The van der Waals surface area contributed by atoms with Crippen LogP contribution in [-0.4, -0.2) is 52.6 Å². The maximum absolute atomic E-state index is 6.80. The van der Waals surface area contributed by atoms with Gasteiger partial charge in [0.1, 0.15) is 0 Å². The van der Waals surface area contributed by atoms with E-state index in [-0.39, 0.29) is 35.6 Å².